The molecule has 2 aromatic rings. The number of ether oxygens (including phenoxy) is 1. The minimum Gasteiger partial charge on any atom is -0.481 e. The number of aryl methyl sites for hydroxylation is 1. The Bertz CT molecular complexity index is 492. The van der Waals surface area contributed by atoms with Crippen LogP contribution in [0.4, 0.5) is 8.78 Å². The number of rotatable bonds is 2. The van der Waals surface area contributed by atoms with E-state index < -0.39 is 11.6 Å². The molecule has 0 saturated heterocycles. The first-order valence-electron chi connectivity index (χ1n) is 4.98. The van der Waals surface area contributed by atoms with Crippen molar-refractivity contribution in [3.8, 4) is 5.88 Å². The number of nitrogens with zero attached hydrogens (tertiary/aromatic N) is 1. The van der Waals surface area contributed by atoms with Crippen molar-refractivity contribution in [1.82, 2.24) is 4.98 Å². The smallest absolute Gasteiger partial charge is 0.221 e. The molecule has 2 nitrogen and oxygen atoms in total. The molecule has 0 aliphatic rings. The Morgan fingerprint density at radius 3 is 2.38 bits per heavy atom. The van der Waals surface area contributed by atoms with Crippen molar-refractivity contribution in [2.24, 2.45) is 0 Å². The second-order valence-electron chi connectivity index (χ2n) is 3.46. The summed E-state index contributed by atoms with van der Waals surface area (Å²) in [6, 6.07) is 2.31. The first kappa shape index (κ1) is 10.8. The van der Waals surface area contributed by atoms with E-state index in [2.05, 4.69) is 4.98 Å². The molecular formula is C12H11F2NO. The van der Waals surface area contributed by atoms with Gasteiger partial charge in [-0.25, -0.2) is 13.8 Å². The Hall–Kier alpha value is -1.71. The predicted octanol–water partition coefficient (Wildman–Crippen LogP) is 3.08. The third-order valence-electron chi connectivity index (χ3n) is 2.55. The molecule has 0 bridgehead atoms. The van der Waals surface area contributed by atoms with Crippen LogP contribution in [-0.2, 0) is 6.42 Å². The molecule has 1 heterocycles. The van der Waals surface area contributed by atoms with E-state index >= 15 is 0 Å². The topological polar surface area (TPSA) is 22.1 Å². The highest BCUT2D eigenvalue weighted by Gasteiger charge is 2.11. The van der Waals surface area contributed by atoms with Gasteiger partial charge in [0.1, 0.15) is 0 Å². The van der Waals surface area contributed by atoms with Gasteiger partial charge in [-0.1, -0.05) is 6.92 Å². The van der Waals surface area contributed by atoms with Crippen LogP contribution >= 0.6 is 0 Å². The van der Waals surface area contributed by atoms with E-state index in [-0.39, 0.29) is 0 Å². The summed E-state index contributed by atoms with van der Waals surface area (Å²) in [5, 5.41) is 1.15. The molecule has 0 aliphatic heterocycles. The summed E-state index contributed by atoms with van der Waals surface area (Å²) in [6.45, 7) is 1.93. The molecule has 1 aromatic heterocycles. The normalized spacial score (nSPS) is 10.8. The Morgan fingerprint density at radius 1 is 1.19 bits per heavy atom. The zero-order valence-corrected chi connectivity index (χ0v) is 9.05. The van der Waals surface area contributed by atoms with Gasteiger partial charge >= 0.3 is 0 Å². The summed E-state index contributed by atoms with van der Waals surface area (Å²) in [5.41, 5.74) is 0.870. The molecule has 0 fully saturated rings. The van der Waals surface area contributed by atoms with E-state index in [4.69, 9.17) is 4.74 Å². The van der Waals surface area contributed by atoms with Crippen LogP contribution in [0.1, 0.15) is 12.5 Å². The predicted molar refractivity (Wildman–Crippen MR) is 57.6 cm³/mol. The van der Waals surface area contributed by atoms with Gasteiger partial charge in [0, 0.05) is 11.6 Å². The molecule has 0 spiro atoms. The van der Waals surface area contributed by atoms with Gasteiger partial charge in [-0.15, -0.1) is 0 Å². The number of fused-ring (bicyclic) bond motifs is 1. The maximum atomic E-state index is 13.2. The van der Waals surface area contributed by atoms with Crippen molar-refractivity contribution >= 4 is 10.8 Å². The standard InChI is InChI=1S/C12H11F2NO/c1-3-7-6-15-12(16-2)9-5-11(14)10(13)4-8(7)9/h4-6H,3H2,1-2H3. The maximum absolute atomic E-state index is 13.2. The second-order valence-corrected chi connectivity index (χ2v) is 3.46. The van der Waals surface area contributed by atoms with E-state index in [1.54, 1.807) is 6.20 Å². The largest absolute Gasteiger partial charge is 0.481 e. The summed E-state index contributed by atoms with van der Waals surface area (Å²) in [4.78, 5) is 4.06. The van der Waals surface area contributed by atoms with Crippen LogP contribution in [-0.4, -0.2) is 12.1 Å². The SMILES string of the molecule is CCc1cnc(OC)c2cc(F)c(F)cc12. The van der Waals surface area contributed by atoms with Crippen LogP contribution in [0.15, 0.2) is 18.3 Å². The Kier molecular flexibility index (Phi) is 2.73. The van der Waals surface area contributed by atoms with Gasteiger partial charge in [0.15, 0.2) is 11.6 Å². The fourth-order valence-corrected chi connectivity index (χ4v) is 1.71. The number of benzene rings is 1. The third-order valence-corrected chi connectivity index (χ3v) is 2.55. The quantitative estimate of drug-likeness (QED) is 0.780. The summed E-state index contributed by atoms with van der Waals surface area (Å²) >= 11 is 0. The van der Waals surface area contributed by atoms with Crippen molar-refractivity contribution in [2.75, 3.05) is 7.11 Å². The average Bonchev–Trinajstić information content (AvgIpc) is 2.29. The minimum absolute atomic E-state index is 0.311. The van der Waals surface area contributed by atoms with Crippen molar-refractivity contribution in [3.63, 3.8) is 0 Å². The molecule has 0 atom stereocenters. The van der Waals surface area contributed by atoms with Gasteiger partial charge in [-0.2, -0.15) is 0 Å². The van der Waals surface area contributed by atoms with Crippen molar-refractivity contribution in [3.05, 3.63) is 35.5 Å². The molecule has 0 aliphatic carbocycles. The van der Waals surface area contributed by atoms with Crippen LogP contribution < -0.4 is 4.74 Å². The molecule has 1 aromatic carbocycles. The highest BCUT2D eigenvalue weighted by Crippen LogP contribution is 2.28. The zero-order valence-electron chi connectivity index (χ0n) is 9.05. The van der Waals surface area contributed by atoms with E-state index in [0.717, 1.165) is 11.6 Å². The minimum atomic E-state index is -0.888. The van der Waals surface area contributed by atoms with Crippen molar-refractivity contribution in [1.29, 1.82) is 0 Å². The summed E-state index contributed by atoms with van der Waals surface area (Å²) in [7, 11) is 1.45. The number of methoxy groups -OCH3 is 1. The second kappa shape index (κ2) is 4.04. The van der Waals surface area contributed by atoms with Crippen LogP contribution in [0.25, 0.3) is 10.8 Å². The number of halogens is 2. The lowest BCUT2D eigenvalue weighted by Crippen LogP contribution is -1.95. The fraction of sp³-hybridized carbons (Fsp3) is 0.250. The molecule has 0 amide bonds. The fourth-order valence-electron chi connectivity index (χ4n) is 1.71. The summed E-state index contributed by atoms with van der Waals surface area (Å²) in [5.74, 6) is -1.43. The lowest BCUT2D eigenvalue weighted by molar-refractivity contribution is 0.402. The Balaban J connectivity index is 2.85. The molecule has 0 radical (unpaired) electrons. The van der Waals surface area contributed by atoms with Crippen molar-refractivity contribution in [2.45, 2.75) is 13.3 Å². The van der Waals surface area contributed by atoms with Gasteiger partial charge < -0.3 is 4.74 Å². The van der Waals surface area contributed by atoms with Gasteiger partial charge in [0.05, 0.1) is 7.11 Å². The van der Waals surface area contributed by atoms with Crippen LogP contribution in [0.3, 0.4) is 0 Å². The third kappa shape index (κ3) is 1.60. The molecule has 2 rings (SSSR count). The number of aromatic nitrogens is 1. The van der Waals surface area contributed by atoms with Gasteiger partial charge in [0.25, 0.3) is 0 Å². The Labute approximate surface area is 91.9 Å². The highest BCUT2D eigenvalue weighted by molar-refractivity contribution is 5.89. The number of hydrogen-bond acceptors (Lipinski definition) is 2. The Morgan fingerprint density at radius 2 is 1.81 bits per heavy atom. The summed E-state index contributed by atoms with van der Waals surface area (Å²) < 4.78 is 31.3. The van der Waals surface area contributed by atoms with E-state index in [9.17, 15) is 8.78 Å². The lowest BCUT2D eigenvalue weighted by atomic mass is 10.1. The summed E-state index contributed by atoms with van der Waals surface area (Å²) in [6.07, 6.45) is 2.33. The van der Waals surface area contributed by atoms with E-state index in [1.165, 1.54) is 13.2 Å². The lowest BCUT2D eigenvalue weighted by Gasteiger charge is -2.08. The molecule has 16 heavy (non-hydrogen) atoms. The molecule has 0 saturated carbocycles. The van der Waals surface area contributed by atoms with Crippen LogP contribution in [0.5, 0.6) is 5.88 Å². The van der Waals surface area contributed by atoms with E-state index in [1.807, 2.05) is 6.92 Å². The monoisotopic (exact) mass is 223 g/mol. The van der Waals surface area contributed by atoms with Crippen molar-refractivity contribution < 1.29 is 13.5 Å². The van der Waals surface area contributed by atoms with E-state index in [0.29, 0.717) is 23.1 Å². The molecule has 4 heteroatoms. The molecular weight excluding hydrogens is 212 g/mol. The first-order valence-corrected chi connectivity index (χ1v) is 4.98. The van der Waals surface area contributed by atoms with Gasteiger partial charge in [-0.3, -0.25) is 0 Å². The molecule has 0 unspecified atom stereocenters. The number of hydrogen-bond donors (Lipinski definition) is 0. The number of pyridine rings is 1. The van der Waals surface area contributed by atoms with Crippen LogP contribution in [0.2, 0.25) is 0 Å². The van der Waals surface area contributed by atoms with Crippen LogP contribution in [0, 0.1) is 11.6 Å². The first-order chi connectivity index (χ1) is 7.67. The molecule has 84 valence electrons. The zero-order chi connectivity index (χ0) is 11.7. The van der Waals surface area contributed by atoms with Gasteiger partial charge in [0.2, 0.25) is 5.88 Å². The maximum Gasteiger partial charge on any atom is 0.221 e. The molecule has 0 N–H and O–H groups in total. The average molecular weight is 223 g/mol. The van der Waals surface area contributed by atoms with Gasteiger partial charge in [-0.05, 0) is 29.5 Å². The highest BCUT2D eigenvalue weighted by atomic mass is 19.2.